The molecule has 10 nitrogen and oxygen atoms in total. The third kappa shape index (κ3) is 4.77. The molecule has 186 valence electrons. The van der Waals surface area contributed by atoms with Crippen molar-refractivity contribution < 1.29 is 28.0 Å². The molecule has 0 amide bonds. The van der Waals surface area contributed by atoms with Gasteiger partial charge in [0.05, 0.1) is 4.91 Å². The van der Waals surface area contributed by atoms with Crippen LogP contribution in [0.3, 0.4) is 0 Å². The number of allylic oxidation sites excluding steroid dienone is 1. The summed E-state index contributed by atoms with van der Waals surface area (Å²) in [6.07, 6.45) is 0.513. The SMILES string of the molecule is O=C1C(=NNc2c(O)ccc3ccccc23)C=C(S(=O)(=O)O)C[C@@H]1N=Nc1c(O)ccc2ccccc12. The van der Waals surface area contributed by atoms with Crippen LogP contribution >= 0.6 is 0 Å². The number of azo groups is 1. The number of hydrazone groups is 1. The fourth-order valence-electron chi connectivity index (χ4n) is 4.07. The Labute approximate surface area is 211 Å². The fourth-order valence-corrected chi connectivity index (χ4v) is 4.70. The molecule has 4 N–H and O–H groups in total. The number of anilines is 1. The van der Waals surface area contributed by atoms with Gasteiger partial charge in [-0.1, -0.05) is 60.7 Å². The van der Waals surface area contributed by atoms with E-state index < -0.39 is 33.3 Å². The van der Waals surface area contributed by atoms with Crippen molar-refractivity contribution in [1.82, 2.24) is 0 Å². The predicted molar refractivity (Wildman–Crippen MR) is 140 cm³/mol. The normalized spacial score (nSPS) is 17.5. The summed E-state index contributed by atoms with van der Waals surface area (Å²) in [5, 5.41) is 35.6. The first kappa shape index (κ1) is 24.1. The average molecular weight is 517 g/mol. The second-order valence-corrected chi connectivity index (χ2v) is 9.80. The van der Waals surface area contributed by atoms with Crippen LogP contribution in [-0.4, -0.2) is 40.7 Å². The van der Waals surface area contributed by atoms with Crippen LogP contribution in [0.15, 0.2) is 99.1 Å². The van der Waals surface area contributed by atoms with E-state index in [0.29, 0.717) is 10.8 Å². The van der Waals surface area contributed by atoms with Crippen molar-refractivity contribution in [1.29, 1.82) is 0 Å². The highest BCUT2D eigenvalue weighted by molar-refractivity contribution is 7.89. The Morgan fingerprint density at radius 2 is 1.46 bits per heavy atom. The summed E-state index contributed by atoms with van der Waals surface area (Å²) in [7, 11) is -4.67. The van der Waals surface area contributed by atoms with E-state index in [0.717, 1.165) is 16.8 Å². The van der Waals surface area contributed by atoms with Gasteiger partial charge in [0, 0.05) is 17.2 Å². The molecule has 0 heterocycles. The molecule has 0 saturated carbocycles. The molecule has 1 aliphatic rings. The van der Waals surface area contributed by atoms with Crippen LogP contribution in [-0.2, 0) is 14.9 Å². The molecule has 0 radical (unpaired) electrons. The Bertz CT molecular complexity index is 1760. The van der Waals surface area contributed by atoms with Crippen LogP contribution in [0.1, 0.15) is 6.42 Å². The van der Waals surface area contributed by atoms with Crippen molar-refractivity contribution in [2.75, 3.05) is 5.43 Å². The quantitative estimate of drug-likeness (QED) is 0.125. The van der Waals surface area contributed by atoms with Gasteiger partial charge in [-0.25, -0.2) is 0 Å². The maximum Gasteiger partial charge on any atom is 0.290 e. The first-order chi connectivity index (χ1) is 17.7. The number of aromatic hydroxyl groups is 2. The monoisotopic (exact) mass is 516 g/mol. The summed E-state index contributed by atoms with van der Waals surface area (Å²) < 4.78 is 33.5. The maximum atomic E-state index is 13.2. The summed E-state index contributed by atoms with van der Waals surface area (Å²) in [6.45, 7) is 0. The molecule has 0 aromatic heterocycles. The molecule has 11 heteroatoms. The highest BCUT2D eigenvalue weighted by atomic mass is 32.2. The first-order valence-corrected chi connectivity index (χ1v) is 12.5. The average Bonchev–Trinajstić information content (AvgIpc) is 2.88. The van der Waals surface area contributed by atoms with E-state index in [1.165, 1.54) is 12.1 Å². The minimum absolute atomic E-state index is 0.117. The zero-order valence-electron chi connectivity index (χ0n) is 19.1. The lowest BCUT2D eigenvalue weighted by Gasteiger charge is -2.18. The zero-order chi connectivity index (χ0) is 26.2. The number of ketones is 1. The smallest absolute Gasteiger partial charge is 0.290 e. The lowest BCUT2D eigenvalue weighted by Crippen LogP contribution is -2.32. The first-order valence-electron chi connectivity index (χ1n) is 11.1. The number of phenolic OH excluding ortho intramolecular Hbond substituents is 2. The van der Waals surface area contributed by atoms with Crippen LogP contribution < -0.4 is 5.43 Å². The standard InChI is InChI=1S/C26H20N4O6S/c31-22-11-9-15-5-1-3-7-18(15)24(22)29-27-20-13-17(37(34,35)36)14-21(26(20)33)28-30-25-19-8-4-2-6-16(19)10-12-23(25)32/h1-13,21,29,31-32H,14H2,(H,34,35,36)/t21-/m0/s1. The van der Waals surface area contributed by atoms with Crippen LogP contribution in [0.5, 0.6) is 11.5 Å². The Kier molecular flexibility index (Phi) is 6.15. The Balaban J connectivity index is 1.53. The molecule has 5 rings (SSSR count). The minimum atomic E-state index is -4.67. The minimum Gasteiger partial charge on any atom is -0.506 e. The van der Waals surface area contributed by atoms with Crippen LogP contribution in [0.4, 0.5) is 11.4 Å². The number of Topliss-reactive ketones (excluding diaryl/α,β-unsaturated/α-hetero) is 1. The van der Waals surface area contributed by atoms with Crippen LogP contribution in [0.25, 0.3) is 21.5 Å². The predicted octanol–water partition coefficient (Wildman–Crippen LogP) is 5.07. The number of hydrogen-bond donors (Lipinski definition) is 4. The van der Waals surface area contributed by atoms with Crippen molar-refractivity contribution in [2.45, 2.75) is 12.5 Å². The van der Waals surface area contributed by atoms with Gasteiger partial charge in [0.25, 0.3) is 10.1 Å². The molecule has 0 fully saturated rings. The number of hydrogen-bond acceptors (Lipinski definition) is 9. The summed E-state index contributed by atoms with van der Waals surface area (Å²) >= 11 is 0. The summed E-state index contributed by atoms with van der Waals surface area (Å²) in [5.41, 5.74) is 2.63. The van der Waals surface area contributed by atoms with E-state index in [2.05, 4.69) is 20.8 Å². The maximum absolute atomic E-state index is 13.2. The lowest BCUT2D eigenvalue weighted by atomic mass is 9.99. The number of nitrogens with one attached hydrogen (secondary N) is 1. The highest BCUT2D eigenvalue weighted by Crippen LogP contribution is 2.36. The second-order valence-electron chi connectivity index (χ2n) is 8.33. The summed E-state index contributed by atoms with van der Waals surface area (Å²) in [4.78, 5) is 12.7. The lowest BCUT2D eigenvalue weighted by molar-refractivity contribution is -0.114. The molecule has 4 aromatic carbocycles. The van der Waals surface area contributed by atoms with Gasteiger partial charge < -0.3 is 10.2 Å². The van der Waals surface area contributed by atoms with Crippen LogP contribution in [0, 0.1) is 0 Å². The topological polar surface area (TPSA) is 161 Å². The van der Waals surface area contributed by atoms with Gasteiger partial charge in [0.2, 0.25) is 5.78 Å². The van der Waals surface area contributed by atoms with Crippen molar-refractivity contribution in [2.24, 2.45) is 15.3 Å². The molecule has 1 atom stereocenters. The third-order valence-corrected chi connectivity index (χ3v) is 6.90. The van der Waals surface area contributed by atoms with E-state index >= 15 is 0 Å². The molecule has 0 aliphatic heterocycles. The van der Waals surface area contributed by atoms with Gasteiger partial charge in [-0.05, 0) is 29.0 Å². The number of rotatable bonds is 5. The molecule has 0 bridgehead atoms. The van der Waals surface area contributed by atoms with Gasteiger partial charge in [-0.2, -0.15) is 23.7 Å². The van der Waals surface area contributed by atoms with Gasteiger partial charge >= 0.3 is 0 Å². The Morgan fingerprint density at radius 1 is 0.838 bits per heavy atom. The summed E-state index contributed by atoms with van der Waals surface area (Å²) in [6, 6.07) is 19.3. The van der Waals surface area contributed by atoms with Gasteiger partial charge in [0.15, 0.2) is 0 Å². The molecule has 4 aromatic rings. The number of phenols is 2. The Morgan fingerprint density at radius 3 is 2.16 bits per heavy atom. The molecule has 0 unspecified atom stereocenters. The number of carbonyl (C=O) groups is 1. The van der Waals surface area contributed by atoms with Crippen molar-refractivity contribution in [3.05, 3.63) is 83.8 Å². The van der Waals surface area contributed by atoms with E-state index in [9.17, 15) is 28.0 Å². The van der Waals surface area contributed by atoms with Gasteiger partial charge in [-0.3, -0.25) is 14.8 Å². The van der Waals surface area contributed by atoms with Gasteiger partial charge in [0.1, 0.15) is 34.6 Å². The largest absolute Gasteiger partial charge is 0.506 e. The summed E-state index contributed by atoms with van der Waals surface area (Å²) in [5.74, 6) is -0.964. The number of benzene rings is 4. The third-order valence-electron chi connectivity index (χ3n) is 5.95. The van der Waals surface area contributed by atoms with Gasteiger partial charge in [-0.15, -0.1) is 0 Å². The number of carbonyl (C=O) groups excluding carboxylic acids is 1. The van der Waals surface area contributed by atoms with Crippen molar-refractivity contribution in [3.63, 3.8) is 0 Å². The zero-order valence-corrected chi connectivity index (χ0v) is 19.9. The van der Waals surface area contributed by atoms with Crippen molar-refractivity contribution in [3.8, 4) is 11.5 Å². The molecular formula is C26H20N4O6S. The Hall–Kier alpha value is -4.61. The van der Waals surface area contributed by atoms with E-state index in [4.69, 9.17) is 0 Å². The molecule has 0 spiro atoms. The highest BCUT2D eigenvalue weighted by Gasteiger charge is 2.33. The molecular weight excluding hydrogens is 496 g/mol. The van der Waals surface area contributed by atoms with E-state index in [1.54, 1.807) is 36.4 Å². The van der Waals surface area contributed by atoms with Crippen molar-refractivity contribution >= 4 is 54.5 Å². The number of nitrogens with zero attached hydrogens (tertiary/aromatic N) is 3. The fraction of sp³-hybridized carbons (Fsp3) is 0.0769. The van der Waals surface area contributed by atoms with E-state index in [-0.39, 0.29) is 28.6 Å². The molecule has 1 aliphatic carbocycles. The van der Waals surface area contributed by atoms with Crippen LogP contribution in [0.2, 0.25) is 0 Å². The molecule has 37 heavy (non-hydrogen) atoms. The second kappa shape index (κ2) is 9.45. The molecule has 0 saturated heterocycles. The van der Waals surface area contributed by atoms with E-state index in [1.807, 2.05) is 24.3 Å². The number of fused-ring (bicyclic) bond motifs is 2.